The third kappa shape index (κ3) is 6.42. The highest BCUT2D eigenvalue weighted by molar-refractivity contribution is 5.83. The molecule has 0 saturated carbocycles. The van der Waals surface area contributed by atoms with E-state index >= 15 is 0 Å². The summed E-state index contributed by atoms with van der Waals surface area (Å²) in [5, 5.41) is 9.81. The van der Waals surface area contributed by atoms with Gasteiger partial charge in [-0.25, -0.2) is 4.85 Å². The van der Waals surface area contributed by atoms with Gasteiger partial charge >= 0.3 is 0 Å². The van der Waals surface area contributed by atoms with Crippen molar-refractivity contribution in [2.75, 3.05) is 10.6 Å². The quantitative estimate of drug-likeness (QED) is 0.130. The molecule has 0 aliphatic rings. The van der Waals surface area contributed by atoms with Crippen molar-refractivity contribution >= 4 is 52.7 Å². The molecule has 0 aliphatic carbocycles. The van der Waals surface area contributed by atoms with Crippen LogP contribution in [0.2, 0.25) is 0 Å². The average molecular weight is 529 g/mol. The Hall–Kier alpha value is -5.84. The maximum absolute atomic E-state index is 9.81. The predicted octanol–water partition coefficient (Wildman–Crippen LogP) is 9.81. The van der Waals surface area contributed by atoms with Crippen molar-refractivity contribution in [3.8, 4) is 6.07 Å². The first kappa shape index (κ1) is 26.8. The molecule has 0 fully saturated rings. The van der Waals surface area contributed by atoms with E-state index in [4.69, 9.17) is 12.3 Å². The van der Waals surface area contributed by atoms with Gasteiger partial charge in [-0.2, -0.15) is 5.26 Å². The summed E-state index contributed by atoms with van der Waals surface area (Å²) in [7, 11) is 0. The molecular formula is C37H28N4. The van der Waals surface area contributed by atoms with Gasteiger partial charge in [-0.1, -0.05) is 84.5 Å². The molecule has 0 spiro atoms. The SMILES string of the molecule is [C-]#[N+]c1cc(/C=C/c2ccc(C)cc2)c(C#N)cc1/C=C/c1ccc(N(c2ccccc2)c2ccc(N)cc2)cc1. The fraction of sp³-hybridized carbons (Fsp3) is 0.0270. The van der Waals surface area contributed by atoms with Gasteiger partial charge in [0.25, 0.3) is 0 Å². The number of aryl methyl sites for hydroxylation is 1. The summed E-state index contributed by atoms with van der Waals surface area (Å²) in [4.78, 5) is 5.91. The van der Waals surface area contributed by atoms with Gasteiger partial charge in [0.2, 0.25) is 0 Å². The highest BCUT2D eigenvalue weighted by atomic mass is 15.1. The molecule has 0 atom stereocenters. The van der Waals surface area contributed by atoms with E-state index in [1.165, 1.54) is 5.56 Å². The lowest BCUT2D eigenvalue weighted by atomic mass is 10.0. The lowest BCUT2D eigenvalue weighted by molar-refractivity contribution is 1.28. The Bertz CT molecular complexity index is 1780. The zero-order chi connectivity index (χ0) is 28.6. The molecule has 2 N–H and O–H groups in total. The Balaban J connectivity index is 1.41. The fourth-order valence-corrected chi connectivity index (χ4v) is 4.52. The molecule has 196 valence electrons. The first-order chi connectivity index (χ1) is 20.0. The third-order valence-corrected chi connectivity index (χ3v) is 6.74. The van der Waals surface area contributed by atoms with Crippen molar-refractivity contribution in [2.45, 2.75) is 6.92 Å². The van der Waals surface area contributed by atoms with Crippen molar-refractivity contribution < 1.29 is 0 Å². The highest BCUT2D eigenvalue weighted by Gasteiger charge is 2.12. The standard InChI is InChI=1S/C37H28N4/c1-27-8-10-28(11-9-27)12-16-30-25-37(40-2)31(24-32(30)26-38)17-13-29-14-20-35(21-15-29)41(34-6-4-3-5-7-34)36-22-18-33(39)19-23-36/h3-25H,39H2,1H3/b16-12+,17-13+. The summed E-state index contributed by atoms with van der Waals surface area (Å²) in [5.74, 6) is 0. The molecule has 0 bridgehead atoms. The second-order valence-electron chi connectivity index (χ2n) is 9.65. The van der Waals surface area contributed by atoms with Crippen LogP contribution in [0.1, 0.15) is 33.4 Å². The highest BCUT2D eigenvalue weighted by Crippen LogP contribution is 2.35. The molecule has 5 rings (SSSR count). The van der Waals surface area contributed by atoms with Crippen LogP contribution in [-0.4, -0.2) is 0 Å². The van der Waals surface area contributed by atoms with E-state index in [1.807, 2.05) is 110 Å². The molecule has 0 aliphatic heterocycles. The number of nitrogens with two attached hydrogens (primary N) is 1. The summed E-state index contributed by atoms with van der Waals surface area (Å²) in [6, 6.07) is 40.2. The van der Waals surface area contributed by atoms with Gasteiger partial charge in [-0.3, -0.25) is 0 Å². The van der Waals surface area contributed by atoms with Crippen molar-refractivity contribution in [3.63, 3.8) is 0 Å². The first-order valence-corrected chi connectivity index (χ1v) is 13.2. The topological polar surface area (TPSA) is 57.4 Å². The molecule has 0 heterocycles. The van der Waals surface area contributed by atoms with Crippen LogP contribution >= 0.6 is 0 Å². The zero-order valence-electron chi connectivity index (χ0n) is 22.7. The summed E-state index contributed by atoms with van der Waals surface area (Å²) in [5.41, 5.74) is 15.4. The van der Waals surface area contributed by atoms with Crippen LogP contribution in [0.5, 0.6) is 0 Å². The van der Waals surface area contributed by atoms with E-state index in [1.54, 1.807) is 12.1 Å². The number of nitriles is 1. The van der Waals surface area contributed by atoms with Gasteiger partial charge < -0.3 is 10.6 Å². The number of hydrogen-bond donors (Lipinski definition) is 1. The average Bonchev–Trinajstić information content (AvgIpc) is 3.02. The third-order valence-electron chi connectivity index (χ3n) is 6.74. The largest absolute Gasteiger partial charge is 0.399 e. The molecule has 0 saturated heterocycles. The second kappa shape index (κ2) is 12.3. The molecule has 0 amide bonds. The smallest absolute Gasteiger partial charge is 0.194 e. The summed E-state index contributed by atoms with van der Waals surface area (Å²) in [6.45, 7) is 9.78. The Morgan fingerprint density at radius 3 is 1.80 bits per heavy atom. The summed E-state index contributed by atoms with van der Waals surface area (Å²) < 4.78 is 0. The minimum Gasteiger partial charge on any atom is -0.399 e. The lowest BCUT2D eigenvalue weighted by Gasteiger charge is -2.25. The lowest BCUT2D eigenvalue weighted by Crippen LogP contribution is -2.09. The maximum atomic E-state index is 9.81. The number of rotatable bonds is 7. The van der Waals surface area contributed by atoms with Crippen molar-refractivity contribution in [1.82, 2.24) is 0 Å². The number of nitrogens with zero attached hydrogens (tertiary/aromatic N) is 3. The Kier molecular flexibility index (Phi) is 8.06. The van der Waals surface area contributed by atoms with Gasteiger partial charge in [0, 0.05) is 22.7 Å². The Morgan fingerprint density at radius 2 is 1.22 bits per heavy atom. The number of benzene rings is 5. The normalized spacial score (nSPS) is 10.9. The molecule has 5 aromatic carbocycles. The van der Waals surface area contributed by atoms with E-state index in [0.717, 1.165) is 39.4 Å². The minimum atomic E-state index is 0.499. The first-order valence-electron chi connectivity index (χ1n) is 13.2. The van der Waals surface area contributed by atoms with Crippen LogP contribution in [-0.2, 0) is 0 Å². The van der Waals surface area contributed by atoms with Crippen molar-refractivity contribution in [2.24, 2.45) is 0 Å². The van der Waals surface area contributed by atoms with Crippen LogP contribution < -0.4 is 10.6 Å². The Morgan fingerprint density at radius 1 is 0.683 bits per heavy atom. The molecule has 0 radical (unpaired) electrons. The van der Waals surface area contributed by atoms with Gasteiger partial charge in [0.1, 0.15) is 0 Å². The van der Waals surface area contributed by atoms with Gasteiger partial charge in [-0.05, 0) is 89.8 Å². The van der Waals surface area contributed by atoms with Crippen LogP contribution in [0.15, 0.2) is 115 Å². The van der Waals surface area contributed by atoms with E-state index in [9.17, 15) is 5.26 Å². The molecule has 4 heteroatoms. The summed E-state index contributed by atoms with van der Waals surface area (Å²) in [6.07, 6.45) is 7.71. The van der Waals surface area contributed by atoms with E-state index in [-0.39, 0.29) is 0 Å². The Labute approximate surface area is 241 Å². The van der Waals surface area contributed by atoms with Crippen LogP contribution in [0.25, 0.3) is 29.1 Å². The number of hydrogen-bond acceptors (Lipinski definition) is 3. The minimum absolute atomic E-state index is 0.499. The predicted molar refractivity (Wildman–Crippen MR) is 172 cm³/mol. The zero-order valence-corrected chi connectivity index (χ0v) is 22.7. The molecule has 0 aromatic heterocycles. The molecule has 5 aromatic rings. The van der Waals surface area contributed by atoms with Gasteiger partial charge in [-0.15, -0.1) is 0 Å². The summed E-state index contributed by atoms with van der Waals surface area (Å²) >= 11 is 0. The van der Waals surface area contributed by atoms with Gasteiger partial charge in [0.15, 0.2) is 5.69 Å². The second-order valence-corrected chi connectivity index (χ2v) is 9.65. The maximum Gasteiger partial charge on any atom is 0.194 e. The van der Waals surface area contributed by atoms with E-state index in [2.05, 4.69) is 40.1 Å². The number of para-hydroxylation sites is 1. The number of nitrogen functional groups attached to an aromatic ring is 1. The van der Waals surface area contributed by atoms with Crippen LogP contribution in [0.4, 0.5) is 28.4 Å². The molecule has 41 heavy (non-hydrogen) atoms. The van der Waals surface area contributed by atoms with Crippen LogP contribution in [0, 0.1) is 24.8 Å². The van der Waals surface area contributed by atoms with E-state index in [0.29, 0.717) is 16.8 Å². The fourth-order valence-electron chi connectivity index (χ4n) is 4.52. The van der Waals surface area contributed by atoms with Gasteiger partial charge in [0.05, 0.1) is 18.2 Å². The molecule has 0 unspecified atom stereocenters. The monoisotopic (exact) mass is 528 g/mol. The number of anilines is 4. The molecular weight excluding hydrogens is 500 g/mol. The van der Waals surface area contributed by atoms with Crippen LogP contribution in [0.3, 0.4) is 0 Å². The van der Waals surface area contributed by atoms with Crippen molar-refractivity contribution in [3.05, 3.63) is 160 Å². The van der Waals surface area contributed by atoms with E-state index < -0.39 is 0 Å². The van der Waals surface area contributed by atoms with Crippen molar-refractivity contribution in [1.29, 1.82) is 5.26 Å². The molecule has 4 nitrogen and oxygen atoms in total.